The van der Waals surface area contributed by atoms with Gasteiger partial charge in [-0.1, -0.05) is 5.16 Å². The maximum Gasteiger partial charge on any atom is 0.272 e. The molecule has 1 N–H and O–H groups in total. The van der Waals surface area contributed by atoms with Crippen LogP contribution in [0.15, 0.2) is 40.1 Å². The molecular formula is C16H18BrN3O3S. The van der Waals surface area contributed by atoms with E-state index in [1.54, 1.807) is 19.2 Å². The van der Waals surface area contributed by atoms with Crippen molar-refractivity contribution in [2.24, 2.45) is 5.16 Å². The average molecular weight is 412 g/mol. The fourth-order valence-electron chi connectivity index (χ4n) is 1.97. The lowest BCUT2D eigenvalue weighted by Crippen LogP contribution is -2.41. The number of carbonyl (C=O) groups is 1. The predicted molar refractivity (Wildman–Crippen MR) is 100 cm³/mol. The number of nitrogens with one attached hydrogen (secondary N) is 1. The summed E-state index contributed by atoms with van der Waals surface area (Å²) >= 11 is 4.71. The van der Waals surface area contributed by atoms with Crippen molar-refractivity contribution in [3.8, 4) is 5.75 Å². The Balaban J connectivity index is 2.09. The molecule has 1 amide bonds. The monoisotopic (exact) mass is 411 g/mol. The highest BCUT2D eigenvalue weighted by Gasteiger charge is 2.20. The van der Waals surface area contributed by atoms with Crippen LogP contribution in [0.5, 0.6) is 5.75 Å². The number of hydrogen-bond acceptors (Lipinski definition) is 6. The largest absolute Gasteiger partial charge is 0.470 e. The Bertz CT molecular complexity index is 742. The van der Waals surface area contributed by atoms with Crippen LogP contribution in [-0.4, -0.2) is 41.9 Å². The van der Waals surface area contributed by atoms with Gasteiger partial charge in [0.25, 0.3) is 5.91 Å². The van der Waals surface area contributed by atoms with Crippen molar-refractivity contribution >= 4 is 50.7 Å². The lowest BCUT2D eigenvalue weighted by atomic mass is 10.2. The topological polar surface area (TPSA) is 72.8 Å². The quantitative estimate of drug-likeness (QED) is 0.430. The van der Waals surface area contributed by atoms with E-state index in [2.05, 4.69) is 36.2 Å². The van der Waals surface area contributed by atoms with Gasteiger partial charge in [-0.2, -0.15) is 0 Å². The zero-order chi connectivity index (χ0) is 17.5. The highest BCUT2D eigenvalue weighted by molar-refractivity contribution is 9.10. The number of carbonyl (C=O) groups excluding carboxylic acids is 1. The van der Waals surface area contributed by atoms with E-state index < -0.39 is 5.44 Å². The van der Waals surface area contributed by atoms with Crippen molar-refractivity contribution in [1.29, 1.82) is 0 Å². The molecule has 0 aliphatic heterocycles. The molecule has 0 saturated heterocycles. The van der Waals surface area contributed by atoms with E-state index in [0.29, 0.717) is 5.75 Å². The second-order valence-electron chi connectivity index (χ2n) is 4.93. The second-order valence-corrected chi connectivity index (χ2v) is 6.74. The van der Waals surface area contributed by atoms with Crippen LogP contribution in [0, 0.1) is 0 Å². The number of aromatic nitrogens is 1. The molecule has 0 saturated carbocycles. The van der Waals surface area contributed by atoms with Gasteiger partial charge in [-0.25, -0.2) is 0 Å². The minimum Gasteiger partial charge on any atom is -0.470 e. The molecule has 1 aromatic carbocycles. The Morgan fingerprint density at radius 3 is 2.96 bits per heavy atom. The number of oxime groups is 1. The molecule has 0 radical (unpaired) electrons. The van der Waals surface area contributed by atoms with Crippen LogP contribution in [0.3, 0.4) is 0 Å². The Labute approximate surface area is 153 Å². The molecule has 0 aliphatic carbocycles. The van der Waals surface area contributed by atoms with Crippen molar-refractivity contribution in [1.82, 2.24) is 10.3 Å². The summed E-state index contributed by atoms with van der Waals surface area (Å²) in [6, 6.07) is 7.22. The number of rotatable bonds is 7. The summed E-state index contributed by atoms with van der Waals surface area (Å²) < 4.78 is 6.70. The number of benzene rings is 1. The van der Waals surface area contributed by atoms with Gasteiger partial charge in [0.05, 0.1) is 17.8 Å². The molecule has 24 heavy (non-hydrogen) atoms. The number of fused-ring (bicyclic) bond motifs is 1. The fourth-order valence-corrected chi connectivity index (χ4v) is 2.81. The minimum atomic E-state index is -0.666. The van der Waals surface area contributed by atoms with Gasteiger partial charge in [0.1, 0.15) is 12.9 Å². The first kappa shape index (κ1) is 18.5. The lowest BCUT2D eigenvalue weighted by Gasteiger charge is -2.18. The Morgan fingerprint density at radius 2 is 2.25 bits per heavy atom. The molecule has 0 spiro atoms. The summed E-state index contributed by atoms with van der Waals surface area (Å²) in [6.07, 6.45) is 5.07. The van der Waals surface area contributed by atoms with Crippen molar-refractivity contribution in [2.75, 3.05) is 13.4 Å². The van der Waals surface area contributed by atoms with E-state index in [1.807, 2.05) is 24.5 Å². The zero-order valence-corrected chi connectivity index (χ0v) is 15.9. The molecule has 0 fully saturated rings. The van der Waals surface area contributed by atoms with Gasteiger partial charge in [-0.05, 0) is 53.4 Å². The van der Waals surface area contributed by atoms with E-state index in [-0.39, 0.29) is 11.9 Å². The van der Waals surface area contributed by atoms with Gasteiger partial charge in [0.15, 0.2) is 0 Å². The number of nitrogens with zero attached hydrogens (tertiary/aromatic N) is 2. The van der Waals surface area contributed by atoms with E-state index in [0.717, 1.165) is 15.4 Å². The number of thioether (sulfide) groups is 1. The molecule has 2 unspecified atom stereocenters. The Hall–Kier alpha value is -1.80. The molecule has 0 bridgehead atoms. The molecule has 1 heterocycles. The summed E-state index contributed by atoms with van der Waals surface area (Å²) in [6.45, 7) is 1.80. The molecule has 2 atom stereocenters. The van der Waals surface area contributed by atoms with Gasteiger partial charge in [0, 0.05) is 16.1 Å². The van der Waals surface area contributed by atoms with Crippen LogP contribution in [0.4, 0.5) is 0 Å². The standard InChI is InChI=1S/C16H18BrN3O3S/c1-10(8-19-22-2)20-15(21)16(24-3)23-13-4-5-14-11(7-13)6-12(17)9-18-14/h4-10,16H,1-3H3,(H,20,21)/b19-8+. The molecule has 6 nitrogen and oxygen atoms in total. The van der Waals surface area contributed by atoms with Crippen LogP contribution in [-0.2, 0) is 9.63 Å². The van der Waals surface area contributed by atoms with E-state index in [1.165, 1.54) is 25.1 Å². The highest BCUT2D eigenvalue weighted by atomic mass is 79.9. The summed E-state index contributed by atoms with van der Waals surface area (Å²) in [5.74, 6) is 0.375. The second kappa shape index (κ2) is 8.89. The minimum absolute atomic E-state index is 0.231. The molecule has 128 valence electrons. The van der Waals surface area contributed by atoms with Crippen LogP contribution in [0.1, 0.15) is 6.92 Å². The average Bonchev–Trinajstić information content (AvgIpc) is 2.57. The first-order valence-electron chi connectivity index (χ1n) is 7.15. The molecule has 2 rings (SSSR count). The van der Waals surface area contributed by atoms with Crippen LogP contribution in [0.25, 0.3) is 10.9 Å². The molecule has 2 aromatic rings. The first-order valence-corrected chi connectivity index (χ1v) is 9.23. The van der Waals surface area contributed by atoms with Crippen molar-refractivity contribution in [3.63, 3.8) is 0 Å². The third-order valence-corrected chi connectivity index (χ3v) is 4.22. The van der Waals surface area contributed by atoms with Crippen LogP contribution in [0.2, 0.25) is 0 Å². The van der Waals surface area contributed by atoms with Crippen LogP contribution < -0.4 is 10.1 Å². The Kier molecular flexibility index (Phi) is 6.86. The van der Waals surface area contributed by atoms with E-state index >= 15 is 0 Å². The third kappa shape index (κ3) is 5.10. The summed E-state index contributed by atoms with van der Waals surface area (Å²) in [5, 5.41) is 7.37. The molecule has 1 aromatic heterocycles. The zero-order valence-electron chi connectivity index (χ0n) is 13.5. The molecular weight excluding hydrogens is 394 g/mol. The van der Waals surface area contributed by atoms with Crippen LogP contribution >= 0.6 is 27.7 Å². The maximum atomic E-state index is 12.3. The third-order valence-electron chi connectivity index (χ3n) is 3.05. The summed E-state index contributed by atoms with van der Waals surface area (Å²) in [5.41, 5.74) is 0.195. The van der Waals surface area contributed by atoms with Gasteiger partial charge in [-0.3, -0.25) is 9.78 Å². The summed E-state index contributed by atoms with van der Waals surface area (Å²) in [7, 11) is 1.45. The first-order chi connectivity index (χ1) is 11.5. The maximum absolute atomic E-state index is 12.3. The van der Waals surface area contributed by atoms with E-state index in [9.17, 15) is 4.79 Å². The van der Waals surface area contributed by atoms with Gasteiger partial charge < -0.3 is 14.9 Å². The van der Waals surface area contributed by atoms with E-state index in [4.69, 9.17) is 4.74 Å². The smallest absolute Gasteiger partial charge is 0.272 e. The van der Waals surface area contributed by atoms with Gasteiger partial charge in [-0.15, -0.1) is 11.8 Å². The number of amides is 1. The van der Waals surface area contributed by atoms with Crippen molar-refractivity contribution < 1.29 is 14.4 Å². The van der Waals surface area contributed by atoms with Crippen molar-refractivity contribution in [2.45, 2.75) is 18.4 Å². The fraction of sp³-hybridized carbons (Fsp3) is 0.312. The van der Waals surface area contributed by atoms with Gasteiger partial charge in [0.2, 0.25) is 5.44 Å². The number of ether oxygens (including phenoxy) is 1. The Morgan fingerprint density at radius 1 is 1.46 bits per heavy atom. The molecule has 0 aliphatic rings. The number of halogens is 1. The summed E-state index contributed by atoms with van der Waals surface area (Å²) in [4.78, 5) is 21.2. The number of hydrogen-bond donors (Lipinski definition) is 1. The molecule has 8 heteroatoms. The SMILES string of the molecule is CO/N=C/C(C)NC(=O)C(Oc1ccc2ncc(Br)cc2c1)SC. The van der Waals surface area contributed by atoms with Crippen molar-refractivity contribution in [3.05, 3.63) is 34.9 Å². The highest BCUT2D eigenvalue weighted by Crippen LogP contribution is 2.24. The number of pyridine rings is 1. The lowest BCUT2D eigenvalue weighted by molar-refractivity contribution is -0.124. The normalized spacial score (nSPS) is 13.7. The predicted octanol–water partition coefficient (Wildman–Crippen LogP) is 3.20. The van der Waals surface area contributed by atoms with Gasteiger partial charge >= 0.3 is 0 Å².